The normalized spacial score (nSPS) is 21.4. The number of hydrogen-bond donors (Lipinski definition) is 2. The number of phenols is 1. The number of aryl methyl sites for hydroxylation is 1. The largest absolute Gasteiger partial charge is 0.508 e. The molecule has 1 heterocycles. The molecule has 0 spiro atoms. The Labute approximate surface area is 142 Å². The molecule has 0 saturated carbocycles. The predicted molar refractivity (Wildman–Crippen MR) is 90.0 cm³/mol. The van der Waals surface area contributed by atoms with Crippen molar-refractivity contribution in [1.29, 1.82) is 0 Å². The van der Waals surface area contributed by atoms with Crippen LogP contribution < -0.4 is 0 Å². The lowest BCUT2D eigenvalue weighted by Crippen LogP contribution is -2.33. The third-order valence-electron chi connectivity index (χ3n) is 4.30. The molecule has 2 atom stereocenters. The van der Waals surface area contributed by atoms with Gasteiger partial charge in [-0.15, -0.1) is 0 Å². The fourth-order valence-electron chi connectivity index (χ4n) is 2.71. The van der Waals surface area contributed by atoms with Gasteiger partial charge in [0.25, 0.3) is 0 Å². The van der Waals surface area contributed by atoms with E-state index in [2.05, 4.69) is 0 Å². The molecule has 24 heavy (non-hydrogen) atoms. The molecule has 1 aromatic carbocycles. The molecule has 1 saturated heterocycles. The van der Waals surface area contributed by atoms with Crippen molar-refractivity contribution in [3.63, 3.8) is 0 Å². The predicted octanol–water partition coefficient (Wildman–Crippen LogP) is 0.0355. The molecule has 0 aliphatic carbocycles. The molecule has 134 valence electrons. The highest BCUT2D eigenvalue weighted by molar-refractivity contribution is 7.89. The van der Waals surface area contributed by atoms with Gasteiger partial charge in [-0.2, -0.15) is 0 Å². The van der Waals surface area contributed by atoms with Crippen LogP contribution in [0.3, 0.4) is 0 Å². The zero-order chi connectivity index (χ0) is 17.9. The van der Waals surface area contributed by atoms with E-state index in [9.17, 15) is 23.4 Å². The summed E-state index contributed by atoms with van der Waals surface area (Å²) in [6.45, 7) is 0.421. The number of sulfonamides is 1. The second-order valence-corrected chi connectivity index (χ2v) is 8.58. The average Bonchev–Trinajstić information content (AvgIpc) is 2.87. The first-order valence-corrected chi connectivity index (χ1v) is 9.44. The smallest absolute Gasteiger partial charge is 0.223 e. The first-order chi connectivity index (χ1) is 11.2. The second kappa shape index (κ2) is 7.50. The summed E-state index contributed by atoms with van der Waals surface area (Å²) < 4.78 is 25.0. The van der Waals surface area contributed by atoms with Gasteiger partial charge in [0.1, 0.15) is 5.75 Å². The first-order valence-electron chi connectivity index (χ1n) is 7.83. The quantitative estimate of drug-likeness (QED) is 0.750. The summed E-state index contributed by atoms with van der Waals surface area (Å²) in [6, 6.07) is 6.66. The van der Waals surface area contributed by atoms with E-state index in [1.54, 1.807) is 24.3 Å². The lowest BCUT2D eigenvalue weighted by Gasteiger charge is -2.18. The number of carbonyl (C=O) groups is 1. The zero-order valence-electron chi connectivity index (χ0n) is 13.9. The fraction of sp³-hybridized carbons (Fsp3) is 0.562. The molecule has 0 unspecified atom stereocenters. The van der Waals surface area contributed by atoms with Crippen molar-refractivity contribution >= 4 is 15.9 Å². The van der Waals surface area contributed by atoms with E-state index >= 15 is 0 Å². The summed E-state index contributed by atoms with van der Waals surface area (Å²) >= 11 is 0. The third kappa shape index (κ3) is 4.68. The van der Waals surface area contributed by atoms with Crippen molar-refractivity contribution in [1.82, 2.24) is 9.21 Å². The number of hydrogen-bond acceptors (Lipinski definition) is 5. The van der Waals surface area contributed by atoms with E-state index in [-0.39, 0.29) is 36.9 Å². The number of likely N-dealkylation sites (tertiary alicyclic amines) is 1. The van der Waals surface area contributed by atoms with Crippen LogP contribution in [0.15, 0.2) is 24.3 Å². The first kappa shape index (κ1) is 18.7. The minimum absolute atomic E-state index is 0.105. The van der Waals surface area contributed by atoms with Gasteiger partial charge < -0.3 is 15.1 Å². The maximum atomic E-state index is 12.3. The Bertz CT molecular complexity index is 672. The van der Waals surface area contributed by atoms with Crippen LogP contribution in [0.5, 0.6) is 5.75 Å². The fourth-order valence-corrected chi connectivity index (χ4v) is 3.88. The second-order valence-electron chi connectivity index (χ2n) is 6.35. The molecule has 7 nitrogen and oxygen atoms in total. The Morgan fingerprint density at radius 2 is 1.88 bits per heavy atom. The van der Waals surface area contributed by atoms with Gasteiger partial charge in [0, 0.05) is 39.5 Å². The highest BCUT2D eigenvalue weighted by Gasteiger charge is 2.37. The van der Waals surface area contributed by atoms with E-state index in [0.717, 1.165) is 9.87 Å². The molecule has 1 aliphatic heterocycles. The molecule has 8 heteroatoms. The maximum Gasteiger partial charge on any atom is 0.223 e. The summed E-state index contributed by atoms with van der Waals surface area (Å²) in [5.41, 5.74) is 0.938. The third-order valence-corrected chi connectivity index (χ3v) is 6.27. The molecule has 2 N–H and O–H groups in total. The van der Waals surface area contributed by atoms with E-state index in [0.29, 0.717) is 6.42 Å². The Morgan fingerprint density at radius 1 is 1.25 bits per heavy atom. The van der Waals surface area contributed by atoms with Gasteiger partial charge in [-0.3, -0.25) is 4.79 Å². The van der Waals surface area contributed by atoms with E-state index < -0.39 is 22.0 Å². The maximum absolute atomic E-state index is 12.3. The number of β-amino-alcohol motifs (C(OH)–C–C–N with tert-alkyl or cyclic N) is 1. The van der Waals surface area contributed by atoms with Gasteiger partial charge in [-0.25, -0.2) is 12.7 Å². The number of rotatable bonds is 6. The van der Waals surface area contributed by atoms with Crippen molar-refractivity contribution in [3.05, 3.63) is 29.8 Å². The summed E-state index contributed by atoms with van der Waals surface area (Å²) in [5, 5.41) is 19.3. The summed E-state index contributed by atoms with van der Waals surface area (Å²) in [6.07, 6.45) is -0.00542. The standard InChI is InChI=1S/C16H24N2O5S/c1-17(2)24(22,23)11-13-9-18(10-15(13)20)16(21)8-5-12-3-6-14(19)7-4-12/h3-4,6-7,13,15,19-20H,5,8-11H2,1-2H3/t13-,15+/m0/s1. The molecule has 2 rings (SSSR count). The molecule has 1 amide bonds. The average molecular weight is 356 g/mol. The summed E-state index contributed by atoms with van der Waals surface area (Å²) in [4.78, 5) is 13.8. The van der Waals surface area contributed by atoms with Crippen molar-refractivity contribution in [2.75, 3.05) is 32.9 Å². The van der Waals surface area contributed by atoms with E-state index in [1.807, 2.05) is 0 Å². The van der Waals surface area contributed by atoms with Gasteiger partial charge in [-0.05, 0) is 24.1 Å². The van der Waals surface area contributed by atoms with Crippen molar-refractivity contribution in [2.45, 2.75) is 18.9 Å². The Morgan fingerprint density at radius 3 is 2.46 bits per heavy atom. The lowest BCUT2D eigenvalue weighted by molar-refractivity contribution is -0.130. The molecule has 0 bridgehead atoms. The molecule has 0 radical (unpaired) electrons. The van der Waals surface area contributed by atoms with Crippen molar-refractivity contribution < 1.29 is 23.4 Å². The monoisotopic (exact) mass is 356 g/mol. The molecule has 0 aromatic heterocycles. The number of amides is 1. The van der Waals surface area contributed by atoms with Crippen molar-refractivity contribution in [3.8, 4) is 5.75 Å². The van der Waals surface area contributed by atoms with E-state index in [4.69, 9.17) is 0 Å². The zero-order valence-corrected chi connectivity index (χ0v) is 14.7. The molecule has 1 fully saturated rings. The summed E-state index contributed by atoms with van der Waals surface area (Å²) in [7, 11) is -0.500. The van der Waals surface area contributed by atoms with Crippen LogP contribution in [0.25, 0.3) is 0 Å². The van der Waals surface area contributed by atoms with Gasteiger partial charge in [0.2, 0.25) is 15.9 Å². The van der Waals surface area contributed by atoms with Gasteiger partial charge in [-0.1, -0.05) is 12.1 Å². The minimum Gasteiger partial charge on any atom is -0.508 e. The van der Waals surface area contributed by atoms with Crippen LogP contribution in [0.1, 0.15) is 12.0 Å². The van der Waals surface area contributed by atoms with Crippen LogP contribution >= 0.6 is 0 Å². The minimum atomic E-state index is -3.41. The number of aromatic hydroxyl groups is 1. The Hall–Kier alpha value is -1.64. The SMILES string of the molecule is CN(C)S(=O)(=O)C[C@@H]1CN(C(=O)CCc2ccc(O)cc2)C[C@H]1O. The van der Waals surface area contributed by atoms with Crippen LogP contribution in [0, 0.1) is 5.92 Å². The van der Waals surface area contributed by atoms with Crippen LogP contribution in [-0.4, -0.2) is 72.8 Å². The Balaban J connectivity index is 1.89. The van der Waals surface area contributed by atoms with Crippen LogP contribution in [0.4, 0.5) is 0 Å². The highest BCUT2D eigenvalue weighted by Crippen LogP contribution is 2.21. The van der Waals surface area contributed by atoms with E-state index in [1.165, 1.54) is 19.0 Å². The van der Waals surface area contributed by atoms with Crippen molar-refractivity contribution in [2.24, 2.45) is 5.92 Å². The van der Waals surface area contributed by atoms with Gasteiger partial charge >= 0.3 is 0 Å². The van der Waals surface area contributed by atoms with Crippen LogP contribution in [-0.2, 0) is 21.2 Å². The number of carbonyl (C=O) groups excluding carboxylic acids is 1. The molecular formula is C16H24N2O5S. The number of nitrogens with zero attached hydrogens (tertiary/aromatic N) is 2. The number of phenolic OH excluding ortho intramolecular Hbond substituents is 1. The number of aliphatic hydroxyl groups is 1. The van der Waals surface area contributed by atoms with Crippen LogP contribution in [0.2, 0.25) is 0 Å². The van der Waals surface area contributed by atoms with Gasteiger partial charge in [0.05, 0.1) is 11.9 Å². The molecule has 1 aliphatic rings. The summed E-state index contributed by atoms with van der Waals surface area (Å²) in [5.74, 6) is -0.553. The van der Waals surface area contributed by atoms with Gasteiger partial charge in [0.15, 0.2) is 0 Å². The molecular weight excluding hydrogens is 332 g/mol. The number of aliphatic hydroxyl groups excluding tert-OH is 1. The topological polar surface area (TPSA) is 98.2 Å². The number of benzene rings is 1. The lowest BCUT2D eigenvalue weighted by atomic mass is 10.1. The highest BCUT2D eigenvalue weighted by atomic mass is 32.2. The Kier molecular flexibility index (Phi) is 5.84. The molecule has 1 aromatic rings.